The molecule has 0 heterocycles. The van der Waals surface area contributed by atoms with Crippen LogP contribution in [0.2, 0.25) is 0 Å². The van der Waals surface area contributed by atoms with Crippen LogP contribution in [0.25, 0.3) is 0 Å². The topological polar surface area (TPSA) is 41.5 Å². The van der Waals surface area contributed by atoms with Gasteiger partial charge in [0.25, 0.3) is 0 Å². The summed E-state index contributed by atoms with van der Waals surface area (Å²) in [7, 11) is 0. The molecule has 1 atom stereocenters. The average Bonchev–Trinajstić information content (AvgIpc) is 3.30. The number of benzene rings is 1. The maximum atomic E-state index is 9.99. The van der Waals surface area contributed by atoms with E-state index in [2.05, 4.69) is 5.32 Å². The van der Waals surface area contributed by atoms with Gasteiger partial charge in [0.1, 0.15) is 18.5 Å². The molecule has 0 bridgehead atoms. The van der Waals surface area contributed by atoms with Gasteiger partial charge < -0.3 is 15.2 Å². The maximum Gasteiger partial charge on any atom is 0.122 e. The molecular weight excluding hydrogens is 250 g/mol. The van der Waals surface area contributed by atoms with Crippen molar-refractivity contribution in [2.45, 2.75) is 38.7 Å². The zero-order chi connectivity index (χ0) is 14.0. The third kappa shape index (κ3) is 3.33. The van der Waals surface area contributed by atoms with Crippen LogP contribution in [0.3, 0.4) is 0 Å². The Morgan fingerprint density at radius 3 is 2.75 bits per heavy atom. The smallest absolute Gasteiger partial charge is 0.122 e. The molecule has 1 aromatic carbocycles. The molecule has 2 N–H and O–H groups in total. The minimum absolute atomic E-state index is 0.355. The lowest BCUT2D eigenvalue weighted by molar-refractivity contribution is 0.104. The maximum absolute atomic E-state index is 9.99. The molecule has 2 aliphatic rings. The van der Waals surface area contributed by atoms with E-state index >= 15 is 0 Å². The highest BCUT2D eigenvalue weighted by atomic mass is 16.5. The van der Waals surface area contributed by atoms with E-state index in [0.29, 0.717) is 18.6 Å². The number of aliphatic hydroxyl groups excluding tert-OH is 1. The third-order valence-electron chi connectivity index (χ3n) is 4.72. The van der Waals surface area contributed by atoms with Crippen LogP contribution in [-0.2, 0) is 0 Å². The summed E-state index contributed by atoms with van der Waals surface area (Å²) in [4.78, 5) is 0. The summed E-state index contributed by atoms with van der Waals surface area (Å²) in [6.45, 7) is 4.07. The highest BCUT2D eigenvalue weighted by Gasteiger charge is 2.53. The fourth-order valence-corrected chi connectivity index (χ4v) is 3.04. The third-order valence-corrected chi connectivity index (χ3v) is 4.72. The first-order valence-electron chi connectivity index (χ1n) is 7.77. The van der Waals surface area contributed by atoms with E-state index in [-0.39, 0.29) is 0 Å². The number of hydrogen-bond donors (Lipinski definition) is 2. The van der Waals surface area contributed by atoms with Crippen LogP contribution in [0.15, 0.2) is 24.3 Å². The molecule has 1 aromatic rings. The molecule has 3 nitrogen and oxygen atoms in total. The Bertz CT molecular complexity index is 452. The molecule has 2 aliphatic carbocycles. The second-order valence-electron chi connectivity index (χ2n) is 6.50. The predicted octanol–water partition coefficient (Wildman–Crippen LogP) is 2.51. The Balaban J connectivity index is 1.35. The van der Waals surface area contributed by atoms with E-state index < -0.39 is 6.10 Å². The number of aliphatic hydroxyl groups is 1. The van der Waals surface area contributed by atoms with E-state index in [1.807, 2.05) is 31.2 Å². The number of ether oxygens (including phenoxy) is 1. The van der Waals surface area contributed by atoms with E-state index in [4.69, 9.17) is 4.74 Å². The summed E-state index contributed by atoms with van der Waals surface area (Å²) in [6, 6.07) is 7.92. The van der Waals surface area contributed by atoms with Crippen molar-refractivity contribution in [1.29, 1.82) is 0 Å². The normalized spacial score (nSPS) is 21.5. The zero-order valence-corrected chi connectivity index (χ0v) is 12.3. The number of nitrogens with one attached hydrogen (secondary N) is 1. The number of para-hydroxylation sites is 1. The van der Waals surface area contributed by atoms with Gasteiger partial charge in [-0.15, -0.1) is 0 Å². The minimum atomic E-state index is -0.440. The van der Waals surface area contributed by atoms with Gasteiger partial charge in [-0.05, 0) is 55.6 Å². The van der Waals surface area contributed by atoms with E-state index in [1.165, 1.54) is 25.7 Å². The first kappa shape index (κ1) is 13.9. The van der Waals surface area contributed by atoms with Gasteiger partial charge in [-0.2, -0.15) is 0 Å². The molecule has 3 heteroatoms. The molecule has 3 rings (SSSR count). The largest absolute Gasteiger partial charge is 0.491 e. The number of aryl methyl sites for hydroxylation is 1. The van der Waals surface area contributed by atoms with Crippen LogP contribution in [0, 0.1) is 18.3 Å². The Kier molecular flexibility index (Phi) is 3.99. The van der Waals surface area contributed by atoms with E-state index in [9.17, 15) is 5.11 Å². The summed E-state index contributed by atoms with van der Waals surface area (Å²) in [5, 5.41) is 13.4. The van der Waals surface area contributed by atoms with Crippen molar-refractivity contribution in [3.05, 3.63) is 29.8 Å². The molecular formula is C17H25NO2. The Hall–Kier alpha value is -1.06. The lowest BCUT2D eigenvalue weighted by Crippen LogP contribution is -2.35. The SMILES string of the molecule is Cc1ccccc1OCC(O)CNCC1(C2CC2)CC1. The van der Waals surface area contributed by atoms with Gasteiger partial charge in [0.2, 0.25) is 0 Å². The lowest BCUT2D eigenvalue weighted by Gasteiger charge is -2.18. The van der Waals surface area contributed by atoms with Crippen LogP contribution in [0.1, 0.15) is 31.2 Å². The Morgan fingerprint density at radius 2 is 2.10 bits per heavy atom. The number of rotatable bonds is 8. The van der Waals surface area contributed by atoms with Crippen LogP contribution >= 0.6 is 0 Å². The van der Waals surface area contributed by atoms with Gasteiger partial charge in [-0.25, -0.2) is 0 Å². The molecule has 0 aromatic heterocycles. The highest BCUT2D eigenvalue weighted by molar-refractivity contribution is 5.31. The van der Waals surface area contributed by atoms with Gasteiger partial charge in [-0.3, -0.25) is 0 Å². The fourth-order valence-electron chi connectivity index (χ4n) is 3.04. The molecule has 0 amide bonds. The average molecular weight is 275 g/mol. The Morgan fingerprint density at radius 1 is 1.35 bits per heavy atom. The minimum Gasteiger partial charge on any atom is -0.491 e. The summed E-state index contributed by atoms with van der Waals surface area (Å²) in [5.41, 5.74) is 1.70. The summed E-state index contributed by atoms with van der Waals surface area (Å²) < 4.78 is 5.67. The van der Waals surface area contributed by atoms with Crippen molar-refractivity contribution in [1.82, 2.24) is 5.32 Å². The van der Waals surface area contributed by atoms with Crippen molar-refractivity contribution in [3.63, 3.8) is 0 Å². The molecule has 1 unspecified atom stereocenters. The monoisotopic (exact) mass is 275 g/mol. The molecule has 2 fully saturated rings. The molecule has 110 valence electrons. The second kappa shape index (κ2) is 5.74. The summed E-state index contributed by atoms with van der Waals surface area (Å²) >= 11 is 0. The first-order chi connectivity index (χ1) is 9.70. The number of hydrogen-bond acceptors (Lipinski definition) is 3. The fraction of sp³-hybridized carbons (Fsp3) is 0.647. The van der Waals surface area contributed by atoms with Crippen molar-refractivity contribution in [3.8, 4) is 5.75 Å². The van der Waals surface area contributed by atoms with Gasteiger partial charge in [0, 0.05) is 13.1 Å². The van der Waals surface area contributed by atoms with Gasteiger partial charge in [0.15, 0.2) is 0 Å². The van der Waals surface area contributed by atoms with Crippen molar-refractivity contribution < 1.29 is 9.84 Å². The Labute approximate surface area is 121 Å². The zero-order valence-electron chi connectivity index (χ0n) is 12.3. The summed E-state index contributed by atoms with van der Waals surface area (Å²) in [6.07, 6.45) is 5.15. The van der Waals surface area contributed by atoms with E-state index in [1.54, 1.807) is 0 Å². The lowest BCUT2D eigenvalue weighted by atomic mass is 10.0. The molecule has 0 spiro atoms. The summed E-state index contributed by atoms with van der Waals surface area (Å²) in [5.74, 6) is 1.83. The van der Waals surface area contributed by atoms with Crippen molar-refractivity contribution in [2.75, 3.05) is 19.7 Å². The first-order valence-corrected chi connectivity index (χ1v) is 7.77. The van der Waals surface area contributed by atoms with Crippen molar-refractivity contribution in [2.24, 2.45) is 11.3 Å². The van der Waals surface area contributed by atoms with E-state index in [0.717, 1.165) is 23.8 Å². The van der Waals surface area contributed by atoms with Gasteiger partial charge in [-0.1, -0.05) is 18.2 Å². The second-order valence-corrected chi connectivity index (χ2v) is 6.50. The molecule has 0 radical (unpaired) electrons. The van der Waals surface area contributed by atoms with Crippen molar-refractivity contribution >= 4 is 0 Å². The van der Waals surface area contributed by atoms with Crippen LogP contribution < -0.4 is 10.1 Å². The predicted molar refractivity (Wildman–Crippen MR) is 79.9 cm³/mol. The standard InChI is InChI=1S/C17H25NO2/c1-13-4-2-3-5-16(13)20-11-15(19)10-18-12-17(8-9-17)14-6-7-14/h2-5,14-15,18-19H,6-12H2,1H3. The molecule has 0 saturated heterocycles. The van der Waals surface area contributed by atoms with Gasteiger partial charge in [0.05, 0.1) is 0 Å². The molecule has 20 heavy (non-hydrogen) atoms. The quantitative estimate of drug-likeness (QED) is 0.766. The molecule has 2 saturated carbocycles. The highest BCUT2D eigenvalue weighted by Crippen LogP contribution is 2.60. The van der Waals surface area contributed by atoms with Crippen LogP contribution in [0.5, 0.6) is 5.75 Å². The molecule has 0 aliphatic heterocycles. The van der Waals surface area contributed by atoms with Crippen LogP contribution in [0.4, 0.5) is 0 Å². The van der Waals surface area contributed by atoms with Gasteiger partial charge >= 0.3 is 0 Å². The van der Waals surface area contributed by atoms with Crippen LogP contribution in [-0.4, -0.2) is 30.9 Å².